The van der Waals surface area contributed by atoms with E-state index in [2.05, 4.69) is 43.7 Å². The van der Waals surface area contributed by atoms with E-state index >= 15 is 0 Å². The van der Waals surface area contributed by atoms with Crippen LogP contribution in [0.3, 0.4) is 0 Å². The average molecular weight is 795 g/mol. The van der Waals surface area contributed by atoms with Gasteiger partial charge in [-0.2, -0.15) is 0 Å². The van der Waals surface area contributed by atoms with E-state index in [1.165, 1.54) is 308 Å². The third kappa shape index (κ3) is 37.9. The number of nitrogens with zero attached hydrogens (tertiary/aromatic N) is 1. The minimum absolute atomic E-state index is 1.23. The fourth-order valence-corrected chi connectivity index (χ4v) is 9.38. The summed E-state index contributed by atoms with van der Waals surface area (Å²) in [6, 6.07) is 4.87. The van der Waals surface area contributed by atoms with Crippen molar-refractivity contribution in [1.29, 1.82) is 0 Å². The maximum atomic E-state index is 2.70. The highest BCUT2D eigenvalue weighted by Gasteiger charge is 2.15. The molecule has 336 valence electrons. The molecule has 0 radical (unpaired) electrons. The fourth-order valence-electron chi connectivity index (χ4n) is 9.38. The normalized spacial score (nSPS) is 11.6. The second-order valence-corrected chi connectivity index (χ2v) is 19.0. The van der Waals surface area contributed by atoms with Crippen molar-refractivity contribution in [3.05, 3.63) is 29.6 Å². The lowest BCUT2D eigenvalue weighted by molar-refractivity contribution is -0.705. The van der Waals surface area contributed by atoms with Crippen molar-refractivity contribution in [1.82, 2.24) is 0 Å². The largest absolute Gasteiger partial charge is 0.202 e. The standard InChI is InChI=1S/C56H108N/c1-4-7-10-13-16-19-22-24-26-28-30-32-34-37-40-43-46-50-55-51-49-54-57(53-48-45-42-39-36-21-18-15-12-9-6-3)56(55)52-47-44-41-38-35-33-31-29-27-25-23-20-17-14-11-8-5-2/h49,51,54H,4-48,50,52-53H2,1-3H3/q+1. The number of pyridine rings is 1. The molecule has 0 saturated heterocycles. The summed E-state index contributed by atoms with van der Waals surface area (Å²) in [7, 11) is 0. The lowest BCUT2D eigenvalue weighted by atomic mass is 9.99. The van der Waals surface area contributed by atoms with E-state index in [4.69, 9.17) is 0 Å². The summed E-state index contributed by atoms with van der Waals surface area (Å²) in [5, 5.41) is 0. The summed E-state index contributed by atoms with van der Waals surface area (Å²) < 4.78 is 2.70. The Morgan fingerprint density at radius 1 is 0.281 bits per heavy atom. The van der Waals surface area contributed by atoms with Crippen molar-refractivity contribution in [3.8, 4) is 0 Å². The highest BCUT2D eigenvalue weighted by atomic mass is 15.0. The maximum absolute atomic E-state index is 2.70. The molecule has 0 unspecified atom stereocenters. The third-order valence-electron chi connectivity index (χ3n) is 13.4. The van der Waals surface area contributed by atoms with Crippen LogP contribution in [0, 0.1) is 0 Å². The molecule has 0 spiro atoms. The molecule has 0 aliphatic rings. The van der Waals surface area contributed by atoms with E-state index in [1.54, 1.807) is 11.3 Å². The minimum Gasteiger partial charge on any atom is -0.202 e. The molecule has 0 atom stereocenters. The van der Waals surface area contributed by atoms with Gasteiger partial charge in [0.15, 0.2) is 11.9 Å². The van der Waals surface area contributed by atoms with E-state index in [0.29, 0.717) is 0 Å². The number of unbranched alkanes of at least 4 members (excludes halogenated alkanes) is 42. The van der Waals surface area contributed by atoms with Crippen LogP contribution in [0.25, 0.3) is 0 Å². The lowest BCUT2D eigenvalue weighted by Gasteiger charge is -2.11. The molecule has 1 nitrogen and oxygen atoms in total. The van der Waals surface area contributed by atoms with Crippen molar-refractivity contribution >= 4 is 0 Å². The van der Waals surface area contributed by atoms with Crippen molar-refractivity contribution in [2.75, 3.05) is 0 Å². The zero-order chi connectivity index (χ0) is 40.8. The van der Waals surface area contributed by atoms with Crippen LogP contribution in [0.2, 0.25) is 0 Å². The summed E-state index contributed by atoms with van der Waals surface area (Å²) in [5.74, 6) is 0. The van der Waals surface area contributed by atoms with Crippen LogP contribution < -0.4 is 4.57 Å². The molecule has 0 aliphatic heterocycles. The first-order valence-electron chi connectivity index (χ1n) is 27.3. The summed E-state index contributed by atoms with van der Waals surface area (Å²) in [6.07, 6.45) is 70.2. The second-order valence-electron chi connectivity index (χ2n) is 19.0. The van der Waals surface area contributed by atoms with Gasteiger partial charge in [-0.1, -0.05) is 284 Å². The van der Waals surface area contributed by atoms with Crippen LogP contribution in [-0.4, -0.2) is 0 Å². The molecule has 0 amide bonds. The molecule has 1 heteroatoms. The summed E-state index contributed by atoms with van der Waals surface area (Å²) in [6.45, 7) is 8.19. The smallest absolute Gasteiger partial charge is 0.184 e. The molecule has 0 N–H and O–H groups in total. The van der Waals surface area contributed by atoms with Crippen LogP contribution >= 0.6 is 0 Å². The van der Waals surface area contributed by atoms with Crippen molar-refractivity contribution in [2.24, 2.45) is 0 Å². The Morgan fingerprint density at radius 2 is 0.526 bits per heavy atom. The van der Waals surface area contributed by atoms with Crippen molar-refractivity contribution in [3.63, 3.8) is 0 Å². The Morgan fingerprint density at radius 3 is 0.825 bits per heavy atom. The predicted molar refractivity (Wildman–Crippen MR) is 259 cm³/mol. The average Bonchev–Trinajstić information content (AvgIpc) is 3.22. The van der Waals surface area contributed by atoms with Gasteiger partial charge in [0.1, 0.15) is 6.54 Å². The number of aryl methyl sites for hydroxylation is 2. The van der Waals surface area contributed by atoms with Gasteiger partial charge >= 0.3 is 0 Å². The maximum Gasteiger partial charge on any atom is 0.184 e. The number of hydrogen-bond acceptors (Lipinski definition) is 0. The Balaban J connectivity index is 2.29. The highest BCUT2D eigenvalue weighted by Crippen LogP contribution is 2.19. The number of aromatic nitrogens is 1. The van der Waals surface area contributed by atoms with Crippen LogP contribution in [0.1, 0.15) is 321 Å². The molecule has 0 aromatic carbocycles. The SMILES string of the molecule is CCCCCCCCCCCCCCCCCCCc1ccc[n+](CCCCCCCCCCCCC)c1CCCCCCCCCCCCCCCCCCC. The molecule has 0 fully saturated rings. The summed E-state index contributed by atoms with van der Waals surface area (Å²) in [4.78, 5) is 0. The van der Waals surface area contributed by atoms with Gasteiger partial charge in [-0.15, -0.1) is 0 Å². The molecule has 1 aromatic heterocycles. The van der Waals surface area contributed by atoms with E-state index in [0.717, 1.165) is 0 Å². The van der Waals surface area contributed by atoms with E-state index in [1.807, 2.05) is 0 Å². The molecule has 1 heterocycles. The van der Waals surface area contributed by atoms with Gasteiger partial charge in [-0.05, 0) is 31.7 Å². The predicted octanol–water partition coefficient (Wildman–Crippen LogP) is 19.7. The van der Waals surface area contributed by atoms with E-state index in [-0.39, 0.29) is 0 Å². The van der Waals surface area contributed by atoms with Gasteiger partial charge < -0.3 is 0 Å². The van der Waals surface area contributed by atoms with Crippen LogP contribution in [0.4, 0.5) is 0 Å². The van der Waals surface area contributed by atoms with Gasteiger partial charge in [0.05, 0.1) is 0 Å². The summed E-state index contributed by atoms with van der Waals surface area (Å²) in [5.41, 5.74) is 3.38. The van der Waals surface area contributed by atoms with Crippen molar-refractivity contribution in [2.45, 2.75) is 329 Å². The Labute approximate surface area is 361 Å². The second kappa shape index (κ2) is 46.2. The van der Waals surface area contributed by atoms with E-state index in [9.17, 15) is 0 Å². The Hall–Kier alpha value is -0.850. The molecule has 1 rings (SSSR count). The highest BCUT2D eigenvalue weighted by molar-refractivity contribution is 5.16. The van der Waals surface area contributed by atoms with Gasteiger partial charge in [0.2, 0.25) is 0 Å². The van der Waals surface area contributed by atoms with Crippen LogP contribution in [0.15, 0.2) is 18.3 Å². The molecule has 57 heavy (non-hydrogen) atoms. The number of hydrogen-bond donors (Lipinski definition) is 0. The first-order chi connectivity index (χ1) is 28.3. The minimum atomic E-state index is 1.23. The first kappa shape index (κ1) is 54.2. The quantitative estimate of drug-likeness (QED) is 0.0457. The van der Waals surface area contributed by atoms with Gasteiger partial charge in [-0.3, -0.25) is 0 Å². The zero-order valence-electron chi connectivity index (χ0n) is 40.1. The molecular weight excluding hydrogens is 687 g/mol. The van der Waals surface area contributed by atoms with Gasteiger partial charge in [0.25, 0.3) is 0 Å². The molecular formula is C56H108N+. The summed E-state index contributed by atoms with van der Waals surface area (Å²) >= 11 is 0. The topological polar surface area (TPSA) is 3.88 Å². The number of rotatable bonds is 48. The van der Waals surface area contributed by atoms with Crippen LogP contribution in [-0.2, 0) is 19.4 Å². The molecule has 0 aliphatic carbocycles. The van der Waals surface area contributed by atoms with Gasteiger partial charge in [-0.25, -0.2) is 4.57 Å². The zero-order valence-corrected chi connectivity index (χ0v) is 40.1. The van der Waals surface area contributed by atoms with Crippen molar-refractivity contribution < 1.29 is 4.57 Å². The Bertz CT molecular complexity index is 889. The lowest BCUT2D eigenvalue weighted by Crippen LogP contribution is -2.39. The van der Waals surface area contributed by atoms with E-state index < -0.39 is 0 Å². The Kier molecular flexibility index (Phi) is 43.9. The van der Waals surface area contributed by atoms with Gasteiger partial charge in [0, 0.05) is 24.5 Å². The third-order valence-corrected chi connectivity index (χ3v) is 13.4. The monoisotopic (exact) mass is 795 g/mol. The fraction of sp³-hybridized carbons (Fsp3) is 0.911. The molecule has 0 bridgehead atoms. The molecule has 1 aromatic rings. The first-order valence-corrected chi connectivity index (χ1v) is 27.3. The molecule has 0 saturated carbocycles. The van der Waals surface area contributed by atoms with Crippen LogP contribution in [0.5, 0.6) is 0 Å².